The highest BCUT2D eigenvalue weighted by molar-refractivity contribution is 5.95. The molecule has 1 atom stereocenters. The van der Waals surface area contributed by atoms with Gasteiger partial charge in [-0.3, -0.25) is 14.6 Å². The van der Waals surface area contributed by atoms with Crippen LogP contribution in [0.4, 0.5) is 0 Å². The molecule has 0 bridgehead atoms. The summed E-state index contributed by atoms with van der Waals surface area (Å²) in [5, 5.41) is 4.06. The van der Waals surface area contributed by atoms with Gasteiger partial charge in [-0.1, -0.05) is 35.4 Å². The second-order valence-electron chi connectivity index (χ2n) is 8.79. The molecule has 1 aliphatic heterocycles. The van der Waals surface area contributed by atoms with E-state index in [0.717, 1.165) is 40.6 Å². The van der Waals surface area contributed by atoms with Crippen molar-refractivity contribution in [1.29, 1.82) is 0 Å². The molecule has 1 fully saturated rings. The number of hydrogen-bond donors (Lipinski definition) is 1. The molecular formula is C27H31N3O3. The number of fused-ring (bicyclic) bond motifs is 1. The van der Waals surface area contributed by atoms with E-state index in [9.17, 15) is 9.59 Å². The number of hydrogen-bond acceptors (Lipinski definition) is 4. The van der Waals surface area contributed by atoms with Crippen LogP contribution in [0, 0.1) is 19.8 Å². The van der Waals surface area contributed by atoms with Crippen molar-refractivity contribution in [2.24, 2.45) is 5.92 Å². The van der Waals surface area contributed by atoms with Crippen LogP contribution in [0.1, 0.15) is 40.7 Å². The molecule has 0 aliphatic carbocycles. The molecule has 1 unspecified atom stereocenters. The Balaban J connectivity index is 1.24. The van der Waals surface area contributed by atoms with Gasteiger partial charge in [-0.2, -0.15) is 0 Å². The fourth-order valence-electron chi connectivity index (χ4n) is 4.46. The number of aromatic nitrogens is 1. The fourth-order valence-corrected chi connectivity index (χ4v) is 4.46. The first-order chi connectivity index (χ1) is 16.0. The highest BCUT2D eigenvalue weighted by atomic mass is 16.5. The van der Waals surface area contributed by atoms with Crippen LogP contribution in [0.25, 0.3) is 10.9 Å². The Morgan fingerprint density at radius 3 is 2.73 bits per heavy atom. The summed E-state index contributed by atoms with van der Waals surface area (Å²) in [4.78, 5) is 31.9. The van der Waals surface area contributed by atoms with Crippen LogP contribution in [0.3, 0.4) is 0 Å². The van der Waals surface area contributed by atoms with Crippen LogP contribution in [0.2, 0.25) is 0 Å². The molecule has 172 valence electrons. The summed E-state index contributed by atoms with van der Waals surface area (Å²) in [7, 11) is 0. The van der Waals surface area contributed by atoms with Crippen molar-refractivity contribution in [3.8, 4) is 5.75 Å². The maximum Gasteiger partial charge on any atom is 0.253 e. The highest BCUT2D eigenvalue weighted by Gasteiger charge is 2.28. The number of pyridine rings is 1. The minimum atomic E-state index is -0.170. The fraction of sp³-hybridized carbons (Fsp3) is 0.370. The number of nitrogens with zero attached hydrogens (tertiary/aromatic N) is 2. The van der Waals surface area contributed by atoms with Gasteiger partial charge in [-0.15, -0.1) is 0 Å². The number of nitrogens with one attached hydrogen (secondary N) is 1. The van der Waals surface area contributed by atoms with Gasteiger partial charge in [0.15, 0.2) is 0 Å². The van der Waals surface area contributed by atoms with E-state index in [1.165, 1.54) is 0 Å². The lowest BCUT2D eigenvalue weighted by molar-refractivity contribution is -0.126. The molecule has 1 saturated heterocycles. The van der Waals surface area contributed by atoms with E-state index in [2.05, 4.69) is 16.4 Å². The summed E-state index contributed by atoms with van der Waals surface area (Å²) in [5.74, 6) is 0.611. The average Bonchev–Trinajstić information content (AvgIpc) is 2.83. The van der Waals surface area contributed by atoms with Crippen molar-refractivity contribution in [3.05, 3.63) is 71.4 Å². The zero-order valence-electron chi connectivity index (χ0n) is 19.3. The van der Waals surface area contributed by atoms with Crippen LogP contribution >= 0.6 is 0 Å². The standard InChI is InChI=1S/C27H31N3O3/c1-19-15-20(2)17-23(16-19)27(32)30-13-5-9-22(18-30)26(31)29-12-6-14-33-24-10-3-7-21-8-4-11-28-25(21)24/h3-4,7-8,10-11,15-17,22H,5-6,9,12-14,18H2,1-2H3,(H,29,31). The molecule has 0 radical (unpaired) electrons. The normalized spacial score (nSPS) is 15.9. The molecular weight excluding hydrogens is 414 g/mol. The number of benzene rings is 2. The Hall–Kier alpha value is -3.41. The van der Waals surface area contributed by atoms with Crippen molar-refractivity contribution < 1.29 is 14.3 Å². The molecule has 0 saturated carbocycles. The number of likely N-dealkylation sites (tertiary alicyclic amines) is 1. The van der Waals surface area contributed by atoms with Crippen LogP contribution in [-0.4, -0.2) is 47.9 Å². The maximum absolute atomic E-state index is 13.0. The van der Waals surface area contributed by atoms with Crippen molar-refractivity contribution in [1.82, 2.24) is 15.2 Å². The number of amides is 2. The van der Waals surface area contributed by atoms with Gasteiger partial charge in [0.1, 0.15) is 11.3 Å². The lowest BCUT2D eigenvalue weighted by atomic mass is 9.96. The van der Waals surface area contributed by atoms with E-state index < -0.39 is 0 Å². The Morgan fingerprint density at radius 2 is 1.91 bits per heavy atom. The Kier molecular flexibility index (Phi) is 7.23. The molecule has 3 aromatic rings. The second kappa shape index (κ2) is 10.5. The van der Waals surface area contributed by atoms with Gasteiger partial charge in [-0.25, -0.2) is 0 Å². The third kappa shape index (κ3) is 5.69. The first-order valence-corrected chi connectivity index (χ1v) is 11.6. The van der Waals surface area contributed by atoms with Crippen molar-refractivity contribution >= 4 is 22.7 Å². The summed E-state index contributed by atoms with van der Waals surface area (Å²) in [6.45, 7) is 6.20. The molecule has 1 aliphatic rings. The van der Waals surface area contributed by atoms with E-state index in [1.54, 1.807) is 6.20 Å². The highest BCUT2D eigenvalue weighted by Crippen LogP contribution is 2.23. The first-order valence-electron chi connectivity index (χ1n) is 11.6. The summed E-state index contributed by atoms with van der Waals surface area (Å²) >= 11 is 0. The molecule has 2 amide bonds. The first kappa shape index (κ1) is 22.8. The molecule has 33 heavy (non-hydrogen) atoms. The van der Waals surface area contributed by atoms with Gasteiger partial charge >= 0.3 is 0 Å². The SMILES string of the molecule is Cc1cc(C)cc(C(=O)N2CCCC(C(=O)NCCCOc3cccc4cccnc34)C2)c1. The molecule has 2 heterocycles. The van der Waals surface area contributed by atoms with Gasteiger partial charge in [0.2, 0.25) is 5.91 Å². The van der Waals surface area contributed by atoms with Gasteiger partial charge in [0.05, 0.1) is 12.5 Å². The van der Waals surface area contributed by atoms with E-state index in [-0.39, 0.29) is 17.7 Å². The van der Waals surface area contributed by atoms with Crippen LogP contribution < -0.4 is 10.1 Å². The number of carbonyl (C=O) groups excluding carboxylic acids is 2. The van der Waals surface area contributed by atoms with Gasteiger partial charge in [-0.05, 0) is 57.4 Å². The van der Waals surface area contributed by atoms with E-state index >= 15 is 0 Å². The monoisotopic (exact) mass is 445 g/mol. The van der Waals surface area contributed by atoms with Crippen molar-refractivity contribution in [2.75, 3.05) is 26.2 Å². The largest absolute Gasteiger partial charge is 0.491 e. The summed E-state index contributed by atoms with van der Waals surface area (Å²) in [6, 6.07) is 15.7. The topological polar surface area (TPSA) is 71.5 Å². The average molecular weight is 446 g/mol. The molecule has 4 rings (SSSR count). The zero-order valence-corrected chi connectivity index (χ0v) is 19.3. The molecule has 1 aromatic heterocycles. The third-order valence-electron chi connectivity index (χ3n) is 6.02. The van der Waals surface area contributed by atoms with Crippen LogP contribution in [-0.2, 0) is 4.79 Å². The quantitative estimate of drug-likeness (QED) is 0.551. The number of piperidine rings is 1. The Bertz CT molecular complexity index is 1120. The summed E-state index contributed by atoms with van der Waals surface area (Å²) < 4.78 is 5.90. The van der Waals surface area contributed by atoms with Crippen molar-refractivity contribution in [2.45, 2.75) is 33.1 Å². The number of carbonyl (C=O) groups is 2. The Labute approximate surface area is 195 Å². The molecule has 2 aromatic carbocycles. The number of rotatable bonds is 7. The molecule has 1 N–H and O–H groups in total. The van der Waals surface area contributed by atoms with Crippen LogP contribution in [0.5, 0.6) is 5.75 Å². The second-order valence-corrected chi connectivity index (χ2v) is 8.79. The summed E-state index contributed by atoms with van der Waals surface area (Å²) in [5.41, 5.74) is 3.70. The zero-order chi connectivity index (χ0) is 23.2. The lowest BCUT2D eigenvalue weighted by Gasteiger charge is -2.32. The van der Waals surface area contributed by atoms with E-state index in [4.69, 9.17) is 4.74 Å². The van der Waals surface area contributed by atoms with Gasteiger partial charge in [0.25, 0.3) is 5.91 Å². The smallest absolute Gasteiger partial charge is 0.253 e. The van der Waals surface area contributed by atoms with E-state index in [0.29, 0.717) is 38.2 Å². The molecule has 0 spiro atoms. The predicted molar refractivity (Wildman–Crippen MR) is 129 cm³/mol. The van der Waals surface area contributed by atoms with E-state index in [1.807, 2.05) is 61.2 Å². The minimum Gasteiger partial charge on any atom is -0.491 e. The predicted octanol–water partition coefficient (Wildman–Crippen LogP) is 4.29. The van der Waals surface area contributed by atoms with Gasteiger partial charge < -0.3 is 15.0 Å². The van der Waals surface area contributed by atoms with Crippen molar-refractivity contribution in [3.63, 3.8) is 0 Å². The third-order valence-corrected chi connectivity index (χ3v) is 6.02. The number of ether oxygens (including phenoxy) is 1. The van der Waals surface area contributed by atoms with Gasteiger partial charge in [0, 0.05) is 36.8 Å². The lowest BCUT2D eigenvalue weighted by Crippen LogP contribution is -2.45. The van der Waals surface area contributed by atoms with Crippen LogP contribution in [0.15, 0.2) is 54.7 Å². The maximum atomic E-state index is 13.0. The number of aryl methyl sites for hydroxylation is 2. The Morgan fingerprint density at radius 1 is 1.12 bits per heavy atom. The molecule has 6 heteroatoms. The number of para-hydroxylation sites is 1. The summed E-state index contributed by atoms with van der Waals surface area (Å²) in [6.07, 6.45) is 4.10. The minimum absolute atomic E-state index is 0.0106. The molecule has 6 nitrogen and oxygen atoms in total.